The minimum absolute atomic E-state index is 0.130. The maximum Gasteiger partial charge on any atom is 0.253 e. The molecule has 2 rings (SSSR count). The summed E-state index contributed by atoms with van der Waals surface area (Å²) in [4.78, 5) is 16.5. The van der Waals surface area contributed by atoms with Crippen molar-refractivity contribution in [2.75, 3.05) is 5.73 Å². The average molecular weight is 340 g/mol. The molecule has 0 aliphatic heterocycles. The van der Waals surface area contributed by atoms with E-state index < -0.39 is 0 Å². The van der Waals surface area contributed by atoms with Crippen molar-refractivity contribution in [3.8, 4) is 0 Å². The van der Waals surface area contributed by atoms with E-state index in [0.29, 0.717) is 11.3 Å². The number of nitrogen functional groups attached to an aromatic ring is 1. The Morgan fingerprint density at radius 2 is 2.26 bits per heavy atom. The first-order valence-electron chi connectivity index (χ1n) is 5.75. The van der Waals surface area contributed by atoms with Crippen molar-refractivity contribution >= 4 is 38.9 Å². The zero-order valence-corrected chi connectivity index (χ0v) is 13.0. The summed E-state index contributed by atoms with van der Waals surface area (Å²) in [5, 5.41) is 5.75. The number of benzene rings is 1. The predicted molar refractivity (Wildman–Crippen MR) is 81.3 cm³/mol. The number of hydrogen-bond acceptors (Lipinski definition) is 4. The number of nitrogens with two attached hydrogens (primary N) is 1. The number of anilines is 1. The lowest BCUT2D eigenvalue weighted by Gasteiger charge is -2.12. The van der Waals surface area contributed by atoms with Crippen LogP contribution < -0.4 is 11.1 Å². The molecule has 19 heavy (non-hydrogen) atoms. The number of nitrogens with one attached hydrogen (secondary N) is 1. The maximum atomic E-state index is 12.1. The minimum atomic E-state index is -0.189. The van der Waals surface area contributed by atoms with Crippen molar-refractivity contribution < 1.29 is 4.79 Å². The van der Waals surface area contributed by atoms with Crippen LogP contribution in [0.15, 0.2) is 28.1 Å². The van der Waals surface area contributed by atoms with Gasteiger partial charge in [-0.05, 0) is 32.0 Å². The van der Waals surface area contributed by atoms with Crippen LogP contribution >= 0.6 is 27.3 Å². The van der Waals surface area contributed by atoms with Crippen molar-refractivity contribution in [3.63, 3.8) is 0 Å². The van der Waals surface area contributed by atoms with Gasteiger partial charge in [0.15, 0.2) is 0 Å². The lowest BCUT2D eigenvalue weighted by molar-refractivity contribution is 0.0940. The number of aryl methyl sites for hydroxylation is 1. The highest BCUT2D eigenvalue weighted by molar-refractivity contribution is 9.10. The molecule has 1 amide bonds. The van der Waals surface area contributed by atoms with Gasteiger partial charge in [-0.25, -0.2) is 4.98 Å². The van der Waals surface area contributed by atoms with Gasteiger partial charge in [0.25, 0.3) is 5.91 Å². The second-order valence-corrected chi connectivity index (χ2v) is 6.06. The van der Waals surface area contributed by atoms with E-state index in [9.17, 15) is 4.79 Å². The molecule has 0 aliphatic carbocycles. The fourth-order valence-electron chi connectivity index (χ4n) is 1.65. The Morgan fingerprint density at radius 3 is 2.84 bits per heavy atom. The number of nitrogens with zero attached hydrogens (tertiary/aromatic N) is 1. The van der Waals surface area contributed by atoms with Crippen LogP contribution in [0.4, 0.5) is 5.69 Å². The van der Waals surface area contributed by atoms with Crippen LogP contribution in [0.1, 0.15) is 34.0 Å². The minimum Gasteiger partial charge on any atom is -0.398 e. The summed E-state index contributed by atoms with van der Waals surface area (Å²) >= 11 is 4.85. The van der Waals surface area contributed by atoms with E-state index in [1.165, 1.54) is 11.3 Å². The molecule has 6 heteroatoms. The standard InChI is InChI=1S/C13H14BrN3OS/c1-7-6-19-13(16-7)8(2)17-12(18)10-4-3-9(14)5-11(10)15/h3-6,8H,15H2,1-2H3,(H,17,18). The molecule has 1 aromatic carbocycles. The summed E-state index contributed by atoms with van der Waals surface area (Å²) in [6.07, 6.45) is 0. The molecule has 1 aromatic heterocycles. The van der Waals surface area contributed by atoms with Gasteiger partial charge in [0, 0.05) is 21.2 Å². The molecule has 0 aliphatic rings. The summed E-state index contributed by atoms with van der Waals surface area (Å²) in [5.74, 6) is -0.189. The number of halogens is 1. The van der Waals surface area contributed by atoms with Crippen molar-refractivity contribution in [1.29, 1.82) is 0 Å². The Bertz CT molecular complexity index is 612. The smallest absolute Gasteiger partial charge is 0.253 e. The molecule has 1 atom stereocenters. The van der Waals surface area contributed by atoms with Crippen molar-refractivity contribution in [3.05, 3.63) is 44.3 Å². The van der Waals surface area contributed by atoms with Crippen molar-refractivity contribution in [1.82, 2.24) is 10.3 Å². The monoisotopic (exact) mass is 339 g/mol. The highest BCUT2D eigenvalue weighted by Crippen LogP contribution is 2.21. The van der Waals surface area contributed by atoms with E-state index in [2.05, 4.69) is 26.2 Å². The number of thiazole rings is 1. The van der Waals surface area contributed by atoms with Gasteiger partial charge in [-0.15, -0.1) is 11.3 Å². The number of hydrogen-bond donors (Lipinski definition) is 2. The highest BCUT2D eigenvalue weighted by Gasteiger charge is 2.15. The zero-order valence-electron chi connectivity index (χ0n) is 10.6. The fraction of sp³-hybridized carbons (Fsp3) is 0.231. The predicted octanol–water partition coefficient (Wildman–Crippen LogP) is 3.29. The van der Waals surface area contributed by atoms with Crippen LogP contribution in [0.3, 0.4) is 0 Å². The van der Waals surface area contributed by atoms with Gasteiger partial charge < -0.3 is 11.1 Å². The number of aromatic nitrogens is 1. The third kappa shape index (κ3) is 3.33. The molecule has 0 fully saturated rings. The van der Waals surface area contributed by atoms with Crippen molar-refractivity contribution in [2.24, 2.45) is 0 Å². The Labute approximate surface area is 124 Å². The first-order valence-corrected chi connectivity index (χ1v) is 7.42. The van der Waals surface area contributed by atoms with Crippen LogP contribution in [0.2, 0.25) is 0 Å². The molecular formula is C13H14BrN3OS. The van der Waals surface area contributed by atoms with Gasteiger partial charge in [-0.1, -0.05) is 15.9 Å². The van der Waals surface area contributed by atoms with Crippen LogP contribution in [0.5, 0.6) is 0 Å². The van der Waals surface area contributed by atoms with Crippen LogP contribution in [0.25, 0.3) is 0 Å². The molecule has 1 heterocycles. The van der Waals surface area contributed by atoms with Crippen molar-refractivity contribution in [2.45, 2.75) is 19.9 Å². The van der Waals surface area contributed by atoms with Gasteiger partial charge >= 0.3 is 0 Å². The molecule has 0 bridgehead atoms. The quantitative estimate of drug-likeness (QED) is 0.843. The average Bonchev–Trinajstić information content (AvgIpc) is 2.75. The molecule has 0 saturated heterocycles. The molecule has 4 nitrogen and oxygen atoms in total. The van der Waals surface area contributed by atoms with E-state index in [0.717, 1.165) is 15.2 Å². The van der Waals surface area contributed by atoms with Crippen LogP contribution in [0, 0.1) is 6.92 Å². The fourth-order valence-corrected chi connectivity index (χ4v) is 2.83. The van der Waals surface area contributed by atoms with E-state index in [4.69, 9.17) is 5.73 Å². The number of carbonyl (C=O) groups excluding carboxylic acids is 1. The van der Waals surface area contributed by atoms with E-state index in [-0.39, 0.29) is 11.9 Å². The molecular weight excluding hydrogens is 326 g/mol. The number of carbonyl (C=O) groups is 1. The van der Waals surface area contributed by atoms with E-state index in [1.54, 1.807) is 18.2 Å². The second-order valence-electron chi connectivity index (χ2n) is 4.25. The van der Waals surface area contributed by atoms with Gasteiger partial charge in [0.2, 0.25) is 0 Å². The first-order chi connectivity index (χ1) is 8.97. The number of rotatable bonds is 3. The molecule has 100 valence electrons. The lowest BCUT2D eigenvalue weighted by Crippen LogP contribution is -2.27. The molecule has 2 aromatic rings. The van der Waals surface area contributed by atoms with Crippen LogP contribution in [-0.4, -0.2) is 10.9 Å². The maximum absolute atomic E-state index is 12.1. The summed E-state index contributed by atoms with van der Waals surface area (Å²) in [6, 6.07) is 5.08. The highest BCUT2D eigenvalue weighted by atomic mass is 79.9. The van der Waals surface area contributed by atoms with Crippen LogP contribution in [-0.2, 0) is 0 Å². The SMILES string of the molecule is Cc1csc(C(C)NC(=O)c2ccc(Br)cc2N)n1. The topological polar surface area (TPSA) is 68.0 Å². The summed E-state index contributed by atoms with van der Waals surface area (Å²) in [5.41, 5.74) is 7.73. The normalized spacial score (nSPS) is 12.2. The Balaban J connectivity index is 2.12. The Kier molecular flexibility index (Phi) is 4.21. The Hall–Kier alpha value is -1.40. The van der Waals surface area contributed by atoms with Gasteiger partial charge in [-0.2, -0.15) is 0 Å². The third-order valence-corrected chi connectivity index (χ3v) is 4.25. The van der Waals surface area contributed by atoms with E-state index in [1.807, 2.05) is 19.2 Å². The van der Waals surface area contributed by atoms with E-state index >= 15 is 0 Å². The lowest BCUT2D eigenvalue weighted by atomic mass is 10.1. The largest absolute Gasteiger partial charge is 0.398 e. The zero-order chi connectivity index (χ0) is 14.0. The Morgan fingerprint density at radius 1 is 1.53 bits per heavy atom. The molecule has 3 N–H and O–H groups in total. The molecule has 0 radical (unpaired) electrons. The van der Waals surface area contributed by atoms with Gasteiger partial charge in [-0.3, -0.25) is 4.79 Å². The summed E-state index contributed by atoms with van der Waals surface area (Å²) < 4.78 is 0.852. The van der Waals surface area contributed by atoms with Gasteiger partial charge in [0.1, 0.15) is 5.01 Å². The molecule has 0 spiro atoms. The van der Waals surface area contributed by atoms with Gasteiger partial charge in [0.05, 0.1) is 11.6 Å². The molecule has 1 unspecified atom stereocenters. The number of amides is 1. The summed E-state index contributed by atoms with van der Waals surface area (Å²) in [6.45, 7) is 3.84. The third-order valence-electron chi connectivity index (χ3n) is 2.61. The first kappa shape index (κ1) is 14.0. The summed E-state index contributed by atoms with van der Waals surface area (Å²) in [7, 11) is 0. The second kappa shape index (κ2) is 5.71. The molecule has 0 saturated carbocycles.